The minimum Gasteiger partial charge on any atom is -0.495 e. The molecule has 1 fully saturated rings. The standard InChI is InChI=1S/C25H35N7O3/c1-24(2,3)35-23(33)30-18-7-6-16(12-19(18)34-5)17-13-20(32-21(17)22(27)28-15-29-32)31-10-8-25(4,14-26)9-11-31/h6-7,12-13,15H,8-11,14,26H2,1-5H3,(H,30,33)(H2,27,28,29). The van der Waals surface area contributed by atoms with Gasteiger partial charge in [-0.2, -0.15) is 5.10 Å². The van der Waals surface area contributed by atoms with Gasteiger partial charge in [-0.15, -0.1) is 0 Å². The summed E-state index contributed by atoms with van der Waals surface area (Å²) in [6.45, 7) is 10.1. The second-order valence-corrected chi connectivity index (χ2v) is 10.4. The molecule has 10 nitrogen and oxygen atoms in total. The molecule has 1 amide bonds. The summed E-state index contributed by atoms with van der Waals surface area (Å²) < 4.78 is 12.8. The molecular weight excluding hydrogens is 446 g/mol. The first-order chi connectivity index (χ1) is 16.5. The van der Waals surface area contributed by atoms with Gasteiger partial charge in [-0.05, 0) is 69.3 Å². The summed E-state index contributed by atoms with van der Waals surface area (Å²) in [5.41, 5.74) is 14.9. The van der Waals surface area contributed by atoms with Crippen LogP contribution in [0.5, 0.6) is 5.75 Å². The van der Waals surface area contributed by atoms with Crippen LogP contribution in [-0.4, -0.2) is 53.0 Å². The number of nitrogens with two attached hydrogens (primary N) is 2. The number of carbonyl (C=O) groups excluding carboxylic acids is 1. The van der Waals surface area contributed by atoms with Crippen LogP contribution in [0, 0.1) is 5.41 Å². The fourth-order valence-electron chi connectivity index (χ4n) is 4.35. The van der Waals surface area contributed by atoms with Crippen LogP contribution in [0.15, 0.2) is 30.6 Å². The number of amides is 1. The molecule has 0 aliphatic carbocycles. The zero-order chi connectivity index (χ0) is 25.4. The number of benzene rings is 1. The van der Waals surface area contributed by atoms with Crippen molar-refractivity contribution in [2.45, 2.75) is 46.1 Å². The highest BCUT2D eigenvalue weighted by atomic mass is 16.6. The van der Waals surface area contributed by atoms with Gasteiger partial charge in [0.25, 0.3) is 0 Å². The monoisotopic (exact) mass is 481 g/mol. The molecule has 0 saturated carbocycles. The van der Waals surface area contributed by atoms with Crippen molar-refractivity contribution in [1.29, 1.82) is 0 Å². The molecule has 1 aromatic carbocycles. The maximum absolute atomic E-state index is 12.3. The van der Waals surface area contributed by atoms with E-state index in [0.717, 1.165) is 48.4 Å². The SMILES string of the molecule is COc1cc(-c2cc(N3CCC(C)(CN)CC3)n3ncnc(N)c23)ccc1NC(=O)OC(C)(C)C. The molecule has 1 aliphatic heterocycles. The normalized spacial score (nSPS) is 15.8. The molecule has 1 aliphatic rings. The maximum atomic E-state index is 12.3. The number of hydrogen-bond acceptors (Lipinski definition) is 8. The van der Waals surface area contributed by atoms with Gasteiger partial charge in [0.05, 0.1) is 12.8 Å². The quantitative estimate of drug-likeness (QED) is 0.500. The van der Waals surface area contributed by atoms with Gasteiger partial charge in [-0.3, -0.25) is 5.32 Å². The van der Waals surface area contributed by atoms with Gasteiger partial charge in [-0.1, -0.05) is 13.0 Å². The van der Waals surface area contributed by atoms with Crippen molar-refractivity contribution in [2.24, 2.45) is 11.1 Å². The fraction of sp³-hybridized carbons (Fsp3) is 0.480. The average molecular weight is 482 g/mol. The Morgan fingerprint density at radius 3 is 2.57 bits per heavy atom. The lowest BCUT2D eigenvalue weighted by Gasteiger charge is -2.39. The van der Waals surface area contributed by atoms with Crippen LogP contribution in [-0.2, 0) is 4.74 Å². The minimum absolute atomic E-state index is 0.157. The van der Waals surface area contributed by atoms with E-state index in [1.165, 1.54) is 6.33 Å². The molecule has 0 atom stereocenters. The Morgan fingerprint density at radius 1 is 1.23 bits per heavy atom. The second-order valence-electron chi connectivity index (χ2n) is 10.4. The number of carbonyl (C=O) groups is 1. The average Bonchev–Trinajstić information content (AvgIpc) is 3.19. The third-order valence-corrected chi connectivity index (χ3v) is 6.50. The number of aromatic nitrogens is 3. The number of fused-ring (bicyclic) bond motifs is 1. The van der Waals surface area contributed by atoms with Crippen LogP contribution in [0.1, 0.15) is 40.5 Å². The number of hydrogen-bond donors (Lipinski definition) is 3. The Kier molecular flexibility index (Phi) is 6.50. The maximum Gasteiger partial charge on any atom is 0.412 e. The van der Waals surface area contributed by atoms with Crippen molar-refractivity contribution in [3.05, 3.63) is 30.6 Å². The predicted octanol–water partition coefficient (Wildman–Crippen LogP) is 3.90. The van der Waals surface area contributed by atoms with Gasteiger partial charge in [0.15, 0.2) is 5.82 Å². The molecule has 188 valence electrons. The van der Waals surface area contributed by atoms with Crippen molar-refractivity contribution < 1.29 is 14.3 Å². The molecule has 4 rings (SSSR count). The molecule has 0 bridgehead atoms. The lowest BCUT2D eigenvalue weighted by atomic mass is 9.80. The van der Waals surface area contributed by atoms with Crippen LogP contribution in [0.4, 0.5) is 22.1 Å². The summed E-state index contributed by atoms with van der Waals surface area (Å²) in [5, 5.41) is 7.26. The third kappa shape index (κ3) is 5.12. The van der Waals surface area contributed by atoms with Crippen LogP contribution < -0.4 is 26.4 Å². The highest BCUT2D eigenvalue weighted by Gasteiger charge is 2.31. The van der Waals surface area contributed by atoms with Crippen molar-refractivity contribution in [2.75, 3.05) is 42.7 Å². The second kappa shape index (κ2) is 9.26. The van der Waals surface area contributed by atoms with Gasteiger partial charge in [-0.25, -0.2) is 14.3 Å². The third-order valence-electron chi connectivity index (χ3n) is 6.50. The van der Waals surface area contributed by atoms with Gasteiger partial charge < -0.3 is 25.8 Å². The summed E-state index contributed by atoms with van der Waals surface area (Å²) in [4.78, 5) is 18.8. The highest BCUT2D eigenvalue weighted by molar-refractivity contribution is 5.93. The van der Waals surface area contributed by atoms with Crippen molar-refractivity contribution in [1.82, 2.24) is 14.6 Å². The Balaban J connectivity index is 1.70. The summed E-state index contributed by atoms with van der Waals surface area (Å²) in [6.07, 6.45) is 2.93. The van der Waals surface area contributed by atoms with E-state index < -0.39 is 11.7 Å². The zero-order valence-corrected chi connectivity index (χ0v) is 21.1. The van der Waals surface area contributed by atoms with Crippen LogP contribution in [0.3, 0.4) is 0 Å². The number of ether oxygens (including phenoxy) is 2. The molecule has 3 aromatic rings. The van der Waals surface area contributed by atoms with Crippen molar-refractivity contribution >= 4 is 28.9 Å². The molecule has 0 unspecified atom stereocenters. The summed E-state index contributed by atoms with van der Waals surface area (Å²) >= 11 is 0. The molecule has 3 heterocycles. The van der Waals surface area contributed by atoms with E-state index in [0.29, 0.717) is 23.8 Å². The van der Waals surface area contributed by atoms with E-state index in [1.807, 2.05) is 37.4 Å². The Hall–Kier alpha value is -3.53. The van der Waals surface area contributed by atoms with E-state index in [-0.39, 0.29) is 5.41 Å². The molecule has 1 saturated heterocycles. The van der Waals surface area contributed by atoms with Crippen LogP contribution in [0.25, 0.3) is 16.6 Å². The minimum atomic E-state index is -0.605. The molecule has 0 radical (unpaired) electrons. The Labute approximate surface area is 205 Å². The number of rotatable bonds is 5. The first-order valence-electron chi connectivity index (χ1n) is 11.8. The molecular formula is C25H35N7O3. The molecule has 2 aromatic heterocycles. The number of methoxy groups -OCH3 is 1. The smallest absolute Gasteiger partial charge is 0.412 e. The lowest BCUT2D eigenvalue weighted by Crippen LogP contribution is -2.42. The predicted molar refractivity (Wildman–Crippen MR) is 138 cm³/mol. The van der Waals surface area contributed by atoms with E-state index in [1.54, 1.807) is 13.2 Å². The summed E-state index contributed by atoms with van der Waals surface area (Å²) in [7, 11) is 1.56. The summed E-state index contributed by atoms with van der Waals surface area (Å²) in [5.74, 6) is 1.85. The first-order valence-corrected chi connectivity index (χ1v) is 11.8. The Morgan fingerprint density at radius 2 is 1.94 bits per heavy atom. The van der Waals surface area contributed by atoms with Crippen LogP contribution in [0.2, 0.25) is 0 Å². The first kappa shape index (κ1) is 24.6. The number of nitrogens with one attached hydrogen (secondary N) is 1. The molecule has 35 heavy (non-hydrogen) atoms. The van der Waals surface area contributed by atoms with Gasteiger partial charge in [0.2, 0.25) is 0 Å². The van der Waals surface area contributed by atoms with Gasteiger partial charge in [0.1, 0.15) is 29.0 Å². The lowest BCUT2D eigenvalue weighted by molar-refractivity contribution is 0.0635. The number of piperidine rings is 1. The number of nitrogen functional groups attached to an aromatic ring is 1. The van der Waals surface area contributed by atoms with Gasteiger partial charge in [0, 0.05) is 18.7 Å². The topological polar surface area (TPSA) is 133 Å². The number of nitrogens with zero attached hydrogens (tertiary/aromatic N) is 4. The van der Waals surface area contributed by atoms with E-state index in [9.17, 15) is 4.79 Å². The van der Waals surface area contributed by atoms with Crippen molar-refractivity contribution in [3.8, 4) is 16.9 Å². The van der Waals surface area contributed by atoms with E-state index >= 15 is 0 Å². The van der Waals surface area contributed by atoms with Crippen LogP contribution >= 0.6 is 0 Å². The molecule has 10 heteroatoms. The number of anilines is 3. The highest BCUT2D eigenvalue weighted by Crippen LogP contribution is 2.39. The summed E-state index contributed by atoms with van der Waals surface area (Å²) in [6, 6.07) is 7.64. The Bertz CT molecular complexity index is 1220. The van der Waals surface area contributed by atoms with Gasteiger partial charge >= 0.3 is 6.09 Å². The van der Waals surface area contributed by atoms with E-state index in [4.69, 9.17) is 20.9 Å². The van der Waals surface area contributed by atoms with Crippen molar-refractivity contribution in [3.63, 3.8) is 0 Å². The molecule has 5 N–H and O–H groups in total. The molecule has 0 spiro atoms. The zero-order valence-electron chi connectivity index (χ0n) is 21.1. The largest absolute Gasteiger partial charge is 0.495 e. The van der Waals surface area contributed by atoms with E-state index in [2.05, 4.69) is 33.3 Å². The fourth-order valence-corrected chi connectivity index (χ4v) is 4.35.